The molecule has 1 atom stereocenters. The lowest BCUT2D eigenvalue weighted by molar-refractivity contribution is 0.0950. The number of sulfonamides is 1. The van der Waals surface area contributed by atoms with E-state index < -0.39 is 37.6 Å². The minimum absolute atomic E-state index is 0.00103. The SMILES string of the molecule is CS(=O)(=O)N(CCNC(=O)c1cccc(F)c1)C1CCS(=O)(=O)C1. The van der Waals surface area contributed by atoms with E-state index in [9.17, 15) is 26.0 Å². The molecule has 1 aromatic carbocycles. The van der Waals surface area contributed by atoms with Crippen LogP contribution in [0.3, 0.4) is 0 Å². The fourth-order valence-electron chi connectivity index (χ4n) is 2.63. The Hall–Kier alpha value is -1.52. The number of hydrogen-bond donors (Lipinski definition) is 1. The summed E-state index contributed by atoms with van der Waals surface area (Å²) < 4.78 is 61.1. The Morgan fingerprint density at radius 2 is 2.12 bits per heavy atom. The first-order valence-corrected chi connectivity index (χ1v) is 11.0. The summed E-state index contributed by atoms with van der Waals surface area (Å²) in [4.78, 5) is 11.9. The van der Waals surface area contributed by atoms with Crippen molar-refractivity contribution in [1.29, 1.82) is 0 Å². The van der Waals surface area contributed by atoms with Crippen LogP contribution in [0.15, 0.2) is 24.3 Å². The molecule has 7 nitrogen and oxygen atoms in total. The van der Waals surface area contributed by atoms with E-state index in [1.54, 1.807) is 0 Å². The maximum atomic E-state index is 13.1. The molecule has 1 heterocycles. The summed E-state index contributed by atoms with van der Waals surface area (Å²) in [5.41, 5.74) is 0.129. The maximum absolute atomic E-state index is 13.1. The molecule has 0 aliphatic carbocycles. The van der Waals surface area contributed by atoms with Crippen LogP contribution < -0.4 is 5.32 Å². The van der Waals surface area contributed by atoms with E-state index in [4.69, 9.17) is 0 Å². The Labute approximate surface area is 140 Å². The molecule has 10 heteroatoms. The minimum Gasteiger partial charge on any atom is -0.351 e. The number of nitrogens with one attached hydrogen (secondary N) is 1. The second-order valence-corrected chi connectivity index (χ2v) is 9.86. The highest BCUT2D eigenvalue weighted by molar-refractivity contribution is 7.92. The summed E-state index contributed by atoms with van der Waals surface area (Å²) in [5, 5.41) is 2.51. The van der Waals surface area contributed by atoms with Crippen LogP contribution in [0.2, 0.25) is 0 Å². The number of halogens is 1. The number of nitrogens with zero attached hydrogens (tertiary/aromatic N) is 1. The zero-order valence-electron chi connectivity index (χ0n) is 13.1. The molecule has 1 aromatic rings. The lowest BCUT2D eigenvalue weighted by Gasteiger charge is -2.25. The predicted molar refractivity (Wildman–Crippen MR) is 87.3 cm³/mol. The highest BCUT2D eigenvalue weighted by Gasteiger charge is 2.36. The summed E-state index contributed by atoms with van der Waals surface area (Å²) in [6, 6.07) is 4.51. The average Bonchev–Trinajstić information content (AvgIpc) is 2.81. The number of rotatable bonds is 6. The third-order valence-corrected chi connectivity index (χ3v) is 6.83. The zero-order valence-corrected chi connectivity index (χ0v) is 14.7. The molecule has 24 heavy (non-hydrogen) atoms. The highest BCUT2D eigenvalue weighted by atomic mass is 32.2. The van der Waals surface area contributed by atoms with E-state index >= 15 is 0 Å². The van der Waals surface area contributed by atoms with Gasteiger partial charge in [-0.3, -0.25) is 4.79 Å². The van der Waals surface area contributed by atoms with E-state index in [2.05, 4.69) is 5.32 Å². The van der Waals surface area contributed by atoms with Crippen LogP contribution in [0.4, 0.5) is 4.39 Å². The highest BCUT2D eigenvalue weighted by Crippen LogP contribution is 2.19. The van der Waals surface area contributed by atoms with Gasteiger partial charge >= 0.3 is 0 Å². The molecule has 1 unspecified atom stereocenters. The number of carbonyl (C=O) groups excluding carboxylic acids is 1. The Morgan fingerprint density at radius 3 is 2.67 bits per heavy atom. The number of amides is 1. The van der Waals surface area contributed by atoms with Crippen molar-refractivity contribution >= 4 is 25.8 Å². The summed E-state index contributed by atoms with van der Waals surface area (Å²) in [6.45, 7) is -0.0426. The second-order valence-electron chi connectivity index (χ2n) is 5.70. The molecule has 0 aromatic heterocycles. The molecule has 1 fully saturated rings. The van der Waals surface area contributed by atoms with E-state index in [-0.39, 0.29) is 36.6 Å². The van der Waals surface area contributed by atoms with E-state index in [0.29, 0.717) is 0 Å². The standard InChI is InChI=1S/C14H19FN2O5S2/c1-23(19,20)17(13-5-8-24(21,22)10-13)7-6-16-14(18)11-3-2-4-12(15)9-11/h2-4,9,13H,5-8,10H2,1H3,(H,16,18). The number of benzene rings is 1. The van der Waals surface area contributed by atoms with Crippen LogP contribution in [-0.4, -0.2) is 63.9 Å². The molecule has 1 saturated heterocycles. The molecular weight excluding hydrogens is 359 g/mol. The molecule has 0 spiro atoms. The Balaban J connectivity index is 1.98. The van der Waals surface area contributed by atoms with Gasteiger partial charge < -0.3 is 5.32 Å². The van der Waals surface area contributed by atoms with Crippen LogP contribution in [0, 0.1) is 5.82 Å². The quantitative estimate of drug-likeness (QED) is 0.751. The van der Waals surface area contributed by atoms with Gasteiger partial charge in [0.05, 0.1) is 17.8 Å². The van der Waals surface area contributed by atoms with Crippen LogP contribution in [0.1, 0.15) is 16.8 Å². The molecule has 1 aliphatic rings. The van der Waals surface area contributed by atoms with E-state index in [1.807, 2.05) is 0 Å². The summed E-state index contributed by atoms with van der Waals surface area (Å²) in [7, 11) is -6.84. The zero-order chi connectivity index (χ0) is 18.0. The van der Waals surface area contributed by atoms with Crippen LogP contribution in [0.25, 0.3) is 0 Å². The summed E-state index contributed by atoms with van der Waals surface area (Å²) >= 11 is 0. The summed E-state index contributed by atoms with van der Waals surface area (Å²) in [5.74, 6) is -1.32. The van der Waals surface area contributed by atoms with Gasteiger partial charge in [-0.1, -0.05) is 6.07 Å². The van der Waals surface area contributed by atoms with Gasteiger partial charge in [-0.15, -0.1) is 0 Å². The van der Waals surface area contributed by atoms with Crippen molar-refractivity contribution in [1.82, 2.24) is 9.62 Å². The van der Waals surface area contributed by atoms with Crippen LogP contribution in [0.5, 0.6) is 0 Å². The number of carbonyl (C=O) groups is 1. The third-order valence-electron chi connectivity index (χ3n) is 3.75. The number of sulfone groups is 1. The second kappa shape index (κ2) is 7.16. The normalized spacial score (nSPS) is 20.2. The van der Waals surface area contributed by atoms with Crippen molar-refractivity contribution < 1.29 is 26.0 Å². The molecule has 1 aliphatic heterocycles. The monoisotopic (exact) mass is 378 g/mol. The minimum atomic E-state index is -3.61. The van der Waals surface area contributed by atoms with Gasteiger partial charge in [0, 0.05) is 24.7 Å². The lowest BCUT2D eigenvalue weighted by Crippen LogP contribution is -2.44. The molecule has 1 N–H and O–H groups in total. The Morgan fingerprint density at radius 1 is 1.42 bits per heavy atom. The van der Waals surface area contributed by atoms with Crippen molar-refractivity contribution in [3.63, 3.8) is 0 Å². The molecule has 1 amide bonds. The molecular formula is C14H19FN2O5S2. The van der Waals surface area contributed by atoms with Crippen molar-refractivity contribution in [3.8, 4) is 0 Å². The van der Waals surface area contributed by atoms with E-state index in [1.165, 1.54) is 18.2 Å². The van der Waals surface area contributed by atoms with Crippen molar-refractivity contribution in [2.75, 3.05) is 30.9 Å². The first-order valence-electron chi connectivity index (χ1n) is 7.29. The molecule has 134 valence electrons. The van der Waals surface area contributed by atoms with Crippen molar-refractivity contribution in [2.45, 2.75) is 12.5 Å². The van der Waals surface area contributed by atoms with Gasteiger partial charge in [0.1, 0.15) is 5.82 Å². The van der Waals surface area contributed by atoms with E-state index in [0.717, 1.165) is 16.6 Å². The predicted octanol–water partition coefficient (Wildman–Crippen LogP) is 0.00420. The van der Waals surface area contributed by atoms with Crippen LogP contribution >= 0.6 is 0 Å². The van der Waals surface area contributed by atoms with Crippen LogP contribution in [-0.2, 0) is 19.9 Å². The smallest absolute Gasteiger partial charge is 0.251 e. The summed E-state index contributed by atoms with van der Waals surface area (Å²) in [6.07, 6.45) is 1.25. The van der Waals surface area contributed by atoms with Gasteiger partial charge in [0.25, 0.3) is 5.91 Å². The number of hydrogen-bond acceptors (Lipinski definition) is 5. The fraction of sp³-hybridized carbons (Fsp3) is 0.500. The van der Waals surface area contributed by atoms with Gasteiger partial charge in [0.2, 0.25) is 10.0 Å². The topological polar surface area (TPSA) is 101 Å². The first kappa shape index (κ1) is 18.8. The average molecular weight is 378 g/mol. The first-order chi connectivity index (χ1) is 11.1. The fourth-order valence-corrected chi connectivity index (χ4v) is 5.60. The Bertz CT molecular complexity index is 823. The van der Waals surface area contributed by atoms with Gasteiger partial charge in [-0.05, 0) is 24.6 Å². The maximum Gasteiger partial charge on any atom is 0.251 e. The largest absolute Gasteiger partial charge is 0.351 e. The Kier molecular flexibility index (Phi) is 5.61. The van der Waals surface area contributed by atoms with Gasteiger partial charge in [-0.2, -0.15) is 4.31 Å². The molecule has 0 bridgehead atoms. The van der Waals surface area contributed by atoms with Gasteiger partial charge in [0.15, 0.2) is 9.84 Å². The van der Waals surface area contributed by atoms with Crippen molar-refractivity contribution in [3.05, 3.63) is 35.6 Å². The van der Waals surface area contributed by atoms with Gasteiger partial charge in [-0.25, -0.2) is 21.2 Å². The molecule has 0 saturated carbocycles. The van der Waals surface area contributed by atoms with Crippen molar-refractivity contribution in [2.24, 2.45) is 0 Å². The molecule has 0 radical (unpaired) electrons. The lowest BCUT2D eigenvalue weighted by atomic mass is 10.2. The third kappa shape index (κ3) is 4.99. The molecule has 2 rings (SSSR count).